The monoisotopic (exact) mass is 334 g/mol. The van der Waals surface area contributed by atoms with Crippen LogP contribution in [0.1, 0.15) is 17.4 Å². The number of H-pyrrole nitrogens is 1. The second kappa shape index (κ2) is 5.45. The summed E-state index contributed by atoms with van der Waals surface area (Å²) in [5, 5.41) is 15.6. The SMILES string of the molecule is CC(=O)Nc1ccc(-n2nc(C(N)=O)c3ccc4[nH]ncc4c32)cc1. The van der Waals surface area contributed by atoms with Crippen LogP contribution in [0.2, 0.25) is 0 Å². The van der Waals surface area contributed by atoms with Gasteiger partial charge in [-0.1, -0.05) is 0 Å². The Bertz CT molecular complexity index is 1120. The molecule has 2 aromatic carbocycles. The summed E-state index contributed by atoms with van der Waals surface area (Å²) in [6.45, 7) is 1.45. The summed E-state index contributed by atoms with van der Waals surface area (Å²) >= 11 is 0. The maximum atomic E-state index is 11.8. The van der Waals surface area contributed by atoms with Gasteiger partial charge in [-0.2, -0.15) is 10.2 Å². The largest absolute Gasteiger partial charge is 0.364 e. The van der Waals surface area contributed by atoms with Gasteiger partial charge >= 0.3 is 0 Å². The molecule has 0 bridgehead atoms. The van der Waals surface area contributed by atoms with Crippen molar-refractivity contribution in [1.29, 1.82) is 0 Å². The van der Waals surface area contributed by atoms with Gasteiger partial charge in [0, 0.05) is 23.4 Å². The van der Waals surface area contributed by atoms with Crippen LogP contribution in [0.5, 0.6) is 0 Å². The van der Waals surface area contributed by atoms with Crippen LogP contribution in [0.3, 0.4) is 0 Å². The van der Waals surface area contributed by atoms with Gasteiger partial charge in [0.25, 0.3) is 5.91 Å². The fourth-order valence-corrected chi connectivity index (χ4v) is 2.88. The number of hydrogen-bond donors (Lipinski definition) is 3. The molecule has 8 heteroatoms. The first-order valence-electron chi connectivity index (χ1n) is 7.57. The predicted molar refractivity (Wildman–Crippen MR) is 93.5 cm³/mol. The van der Waals surface area contributed by atoms with Crippen molar-refractivity contribution in [2.24, 2.45) is 5.73 Å². The van der Waals surface area contributed by atoms with Crippen LogP contribution in [0.4, 0.5) is 5.69 Å². The van der Waals surface area contributed by atoms with E-state index in [1.165, 1.54) is 6.92 Å². The molecule has 0 saturated carbocycles. The van der Waals surface area contributed by atoms with Crippen LogP contribution in [-0.4, -0.2) is 31.8 Å². The maximum absolute atomic E-state index is 11.8. The number of anilines is 1. The molecule has 0 aliphatic rings. The third-order valence-electron chi connectivity index (χ3n) is 3.93. The quantitative estimate of drug-likeness (QED) is 0.530. The number of rotatable bonds is 3. The Balaban J connectivity index is 1.95. The molecule has 0 fully saturated rings. The molecule has 25 heavy (non-hydrogen) atoms. The number of nitrogens with two attached hydrogens (primary N) is 1. The number of carbonyl (C=O) groups is 2. The van der Waals surface area contributed by atoms with E-state index in [1.54, 1.807) is 41.2 Å². The Morgan fingerprint density at radius 3 is 2.56 bits per heavy atom. The average molecular weight is 334 g/mol. The van der Waals surface area contributed by atoms with Gasteiger partial charge < -0.3 is 11.1 Å². The molecule has 0 atom stereocenters. The summed E-state index contributed by atoms with van der Waals surface area (Å²) in [6, 6.07) is 10.8. The first-order chi connectivity index (χ1) is 12.0. The molecule has 0 unspecified atom stereocenters. The maximum Gasteiger partial charge on any atom is 0.269 e. The molecule has 2 aromatic heterocycles. The first-order valence-corrected chi connectivity index (χ1v) is 7.57. The minimum atomic E-state index is -0.596. The van der Waals surface area contributed by atoms with Gasteiger partial charge in [0.05, 0.1) is 22.9 Å². The second-order valence-corrected chi connectivity index (χ2v) is 5.65. The van der Waals surface area contributed by atoms with Gasteiger partial charge in [0.15, 0.2) is 5.69 Å². The van der Waals surface area contributed by atoms with E-state index in [0.29, 0.717) is 11.1 Å². The van der Waals surface area contributed by atoms with E-state index < -0.39 is 5.91 Å². The molecule has 2 heterocycles. The molecule has 0 radical (unpaired) electrons. The van der Waals surface area contributed by atoms with E-state index in [0.717, 1.165) is 22.1 Å². The highest BCUT2D eigenvalue weighted by molar-refractivity contribution is 6.12. The molecule has 2 amide bonds. The third kappa shape index (κ3) is 2.40. The number of fused-ring (bicyclic) bond motifs is 3. The smallest absolute Gasteiger partial charge is 0.269 e. The fourth-order valence-electron chi connectivity index (χ4n) is 2.88. The molecule has 0 aliphatic carbocycles. The summed E-state index contributed by atoms with van der Waals surface area (Å²) < 4.78 is 1.66. The number of benzene rings is 2. The number of nitrogens with zero attached hydrogens (tertiary/aromatic N) is 3. The predicted octanol–water partition coefficient (Wildman–Crippen LogP) is 1.96. The van der Waals surface area contributed by atoms with Crippen molar-refractivity contribution in [2.75, 3.05) is 5.32 Å². The summed E-state index contributed by atoms with van der Waals surface area (Å²) in [7, 11) is 0. The van der Waals surface area contributed by atoms with Gasteiger partial charge in [0.2, 0.25) is 5.91 Å². The van der Waals surface area contributed by atoms with Crippen LogP contribution < -0.4 is 11.1 Å². The van der Waals surface area contributed by atoms with Crippen LogP contribution in [0.25, 0.3) is 27.5 Å². The first kappa shape index (κ1) is 14.9. The number of hydrogen-bond acceptors (Lipinski definition) is 4. The Kier molecular flexibility index (Phi) is 3.24. The Morgan fingerprint density at radius 2 is 1.88 bits per heavy atom. The number of primary amides is 1. The summed E-state index contributed by atoms with van der Waals surface area (Å²) in [4.78, 5) is 22.9. The molecule has 0 saturated heterocycles. The van der Waals surface area contributed by atoms with Crippen LogP contribution >= 0.6 is 0 Å². The zero-order valence-corrected chi connectivity index (χ0v) is 13.3. The van der Waals surface area contributed by atoms with Gasteiger partial charge in [0.1, 0.15) is 0 Å². The lowest BCUT2D eigenvalue weighted by atomic mass is 10.1. The summed E-state index contributed by atoms with van der Waals surface area (Å²) in [6.07, 6.45) is 1.69. The Hall–Kier alpha value is -3.68. The van der Waals surface area contributed by atoms with Crippen LogP contribution in [-0.2, 0) is 4.79 Å². The third-order valence-corrected chi connectivity index (χ3v) is 3.93. The topological polar surface area (TPSA) is 119 Å². The molecule has 4 aromatic rings. The highest BCUT2D eigenvalue weighted by Crippen LogP contribution is 2.29. The second-order valence-electron chi connectivity index (χ2n) is 5.65. The van der Waals surface area contributed by atoms with E-state index in [-0.39, 0.29) is 11.6 Å². The van der Waals surface area contributed by atoms with Gasteiger partial charge in [-0.25, -0.2) is 4.68 Å². The molecule has 4 rings (SSSR count). The number of carbonyl (C=O) groups excluding carboxylic acids is 2. The van der Waals surface area contributed by atoms with E-state index in [1.807, 2.05) is 6.07 Å². The van der Waals surface area contributed by atoms with E-state index in [4.69, 9.17) is 5.73 Å². The lowest BCUT2D eigenvalue weighted by molar-refractivity contribution is -0.114. The molecule has 0 spiro atoms. The minimum Gasteiger partial charge on any atom is -0.364 e. The van der Waals surface area contributed by atoms with Crippen molar-refractivity contribution in [3.05, 3.63) is 48.3 Å². The molecule has 124 valence electrons. The standard InChI is InChI=1S/C17H14N6O2/c1-9(24)20-10-2-4-11(5-3-10)23-16-12(15(22-23)17(18)25)6-7-14-13(16)8-19-21-14/h2-8H,1H3,(H2,18,25)(H,19,21)(H,20,24). The number of amides is 2. The number of nitrogens with one attached hydrogen (secondary N) is 2. The molecule has 4 N–H and O–H groups in total. The van der Waals surface area contributed by atoms with Gasteiger partial charge in [-0.15, -0.1) is 0 Å². The molecular formula is C17H14N6O2. The van der Waals surface area contributed by atoms with Crippen molar-refractivity contribution in [3.63, 3.8) is 0 Å². The molecule has 0 aliphatic heterocycles. The van der Waals surface area contributed by atoms with Crippen LogP contribution in [0, 0.1) is 0 Å². The van der Waals surface area contributed by atoms with Crippen LogP contribution in [0.15, 0.2) is 42.6 Å². The fraction of sp³-hybridized carbons (Fsp3) is 0.0588. The van der Waals surface area contributed by atoms with E-state index >= 15 is 0 Å². The minimum absolute atomic E-state index is 0.145. The molecular weight excluding hydrogens is 320 g/mol. The average Bonchev–Trinajstić information content (AvgIpc) is 3.18. The van der Waals surface area contributed by atoms with Crippen molar-refractivity contribution in [1.82, 2.24) is 20.0 Å². The highest BCUT2D eigenvalue weighted by Gasteiger charge is 2.18. The number of aromatic nitrogens is 4. The zero-order valence-electron chi connectivity index (χ0n) is 13.3. The Morgan fingerprint density at radius 1 is 1.12 bits per heavy atom. The lowest BCUT2D eigenvalue weighted by Crippen LogP contribution is -2.12. The number of aromatic amines is 1. The van der Waals surface area contributed by atoms with Crippen molar-refractivity contribution in [2.45, 2.75) is 6.92 Å². The van der Waals surface area contributed by atoms with Gasteiger partial charge in [-0.05, 0) is 36.4 Å². The normalized spacial score (nSPS) is 11.1. The van der Waals surface area contributed by atoms with Crippen molar-refractivity contribution < 1.29 is 9.59 Å². The van der Waals surface area contributed by atoms with E-state index in [9.17, 15) is 9.59 Å². The summed E-state index contributed by atoms with van der Waals surface area (Å²) in [5.74, 6) is -0.741. The van der Waals surface area contributed by atoms with E-state index in [2.05, 4.69) is 20.6 Å². The lowest BCUT2D eigenvalue weighted by Gasteiger charge is -2.06. The summed E-state index contributed by atoms with van der Waals surface area (Å²) in [5.41, 5.74) is 8.67. The van der Waals surface area contributed by atoms with Crippen molar-refractivity contribution in [3.8, 4) is 5.69 Å². The zero-order chi connectivity index (χ0) is 17.6. The highest BCUT2D eigenvalue weighted by atomic mass is 16.1. The van der Waals surface area contributed by atoms with Crippen molar-refractivity contribution >= 4 is 39.3 Å². The van der Waals surface area contributed by atoms with Gasteiger partial charge in [-0.3, -0.25) is 14.7 Å². The Labute approximate surface area is 141 Å². The molecule has 8 nitrogen and oxygen atoms in total.